The maximum absolute atomic E-state index is 2.39. The number of nitrogens with zero attached hydrogens (tertiary/aromatic N) is 1. The average Bonchev–Trinajstić information content (AvgIpc) is 3.36. The highest BCUT2D eigenvalue weighted by Crippen LogP contribution is 2.42. The molecule has 0 amide bonds. The molecule has 0 aromatic heterocycles. The Balaban J connectivity index is 1.09. The molecule has 0 radical (unpaired) electrons. The maximum atomic E-state index is 2.39. The van der Waals surface area contributed by atoms with Gasteiger partial charge in [0.05, 0.1) is 0 Å². The fourth-order valence-corrected chi connectivity index (χ4v) is 8.32. The van der Waals surface area contributed by atoms with Gasteiger partial charge in [-0.15, -0.1) is 0 Å². The Morgan fingerprint density at radius 3 is 0.885 bits per heavy atom. The van der Waals surface area contributed by atoms with Gasteiger partial charge in [0.1, 0.15) is 0 Å². The molecule has 1 nitrogen and oxygen atoms in total. The van der Waals surface area contributed by atoms with Crippen LogP contribution in [0.4, 0.5) is 17.1 Å². The van der Waals surface area contributed by atoms with Crippen LogP contribution in [0.1, 0.15) is 0 Å². The predicted octanol–water partition coefficient (Wildman–Crippen LogP) is 16.8. The first-order valence-electron chi connectivity index (χ1n) is 20.9. The largest absolute Gasteiger partial charge is 0.310 e. The number of benzene rings is 10. The van der Waals surface area contributed by atoms with Crippen LogP contribution in [0.25, 0.3) is 77.9 Å². The van der Waals surface area contributed by atoms with Crippen molar-refractivity contribution in [2.45, 2.75) is 0 Å². The minimum absolute atomic E-state index is 1.08. The molecule has 10 rings (SSSR count). The first-order valence-corrected chi connectivity index (χ1v) is 20.9. The molecule has 0 heterocycles. The molecule has 0 saturated carbocycles. The Bertz CT molecular complexity index is 2940. The number of hydrogen-bond acceptors (Lipinski definition) is 1. The molecule has 0 saturated heterocycles. The average molecular weight is 778 g/mol. The molecule has 1 heteroatoms. The Kier molecular flexibility index (Phi) is 10.4. The molecule has 0 aliphatic rings. The van der Waals surface area contributed by atoms with Crippen LogP contribution in [-0.4, -0.2) is 0 Å². The molecular formula is C60H43N. The van der Waals surface area contributed by atoms with Crippen LogP contribution in [0.2, 0.25) is 0 Å². The first kappa shape index (κ1) is 37.3. The van der Waals surface area contributed by atoms with Crippen LogP contribution in [0, 0.1) is 0 Å². The Labute approximate surface area is 359 Å². The van der Waals surface area contributed by atoms with E-state index in [2.05, 4.69) is 266 Å². The lowest BCUT2D eigenvalue weighted by molar-refractivity contribution is 1.28. The van der Waals surface area contributed by atoms with Crippen LogP contribution in [-0.2, 0) is 0 Å². The van der Waals surface area contributed by atoms with Gasteiger partial charge in [-0.25, -0.2) is 0 Å². The molecule has 0 N–H and O–H groups in total. The minimum Gasteiger partial charge on any atom is -0.310 e. The van der Waals surface area contributed by atoms with Crippen LogP contribution in [0.15, 0.2) is 261 Å². The van der Waals surface area contributed by atoms with Gasteiger partial charge in [0.15, 0.2) is 0 Å². The van der Waals surface area contributed by atoms with Crippen molar-refractivity contribution in [3.63, 3.8) is 0 Å². The third-order valence-electron chi connectivity index (χ3n) is 11.5. The van der Waals surface area contributed by atoms with Gasteiger partial charge >= 0.3 is 0 Å². The van der Waals surface area contributed by atoms with Crippen LogP contribution in [0.3, 0.4) is 0 Å². The zero-order valence-corrected chi connectivity index (χ0v) is 33.8. The van der Waals surface area contributed by atoms with E-state index in [1.165, 1.54) is 72.3 Å². The van der Waals surface area contributed by atoms with Gasteiger partial charge in [0.25, 0.3) is 0 Å². The number of hydrogen-bond donors (Lipinski definition) is 0. The summed E-state index contributed by atoms with van der Waals surface area (Å²) >= 11 is 0. The molecule has 0 bridgehead atoms. The Morgan fingerprint density at radius 2 is 0.459 bits per heavy atom. The lowest BCUT2D eigenvalue weighted by atomic mass is 9.91. The third-order valence-corrected chi connectivity index (χ3v) is 11.5. The molecule has 10 aromatic carbocycles. The summed E-state index contributed by atoms with van der Waals surface area (Å²) in [7, 11) is 0. The molecular weight excluding hydrogens is 735 g/mol. The number of rotatable bonds is 10. The van der Waals surface area contributed by atoms with Crippen molar-refractivity contribution in [2.24, 2.45) is 0 Å². The predicted molar refractivity (Wildman–Crippen MR) is 259 cm³/mol. The fourth-order valence-electron chi connectivity index (χ4n) is 8.32. The summed E-state index contributed by atoms with van der Waals surface area (Å²) in [5.41, 5.74) is 19.9. The normalized spacial score (nSPS) is 11.0. The van der Waals surface area contributed by atoms with Crippen molar-refractivity contribution >= 4 is 17.1 Å². The molecule has 0 atom stereocenters. The lowest BCUT2D eigenvalue weighted by Gasteiger charge is -2.27. The van der Waals surface area contributed by atoms with Crippen LogP contribution >= 0.6 is 0 Å². The van der Waals surface area contributed by atoms with Crippen molar-refractivity contribution in [2.75, 3.05) is 4.90 Å². The van der Waals surface area contributed by atoms with Gasteiger partial charge < -0.3 is 4.90 Å². The molecule has 0 spiro atoms. The highest BCUT2D eigenvalue weighted by Gasteiger charge is 2.18. The Hall–Kier alpha value is -8.00. The molecule has 0 aliphatic carbocycles. The second-order valence-electron chi connectivity index (χ2n) is 15.4. The highest BCUT2D eigenvalue weighted by atomic mass is 15.1. The standard InChI is InChI=1S/C60H43N/c1-6-16-44(17-7-1)48-26-28-49(29-27-48)50-30-35-56(36-31-50)61(58-41-54(46-20-10-3-11-21-46)40-55(42-58)47-22-12-4-13-23-47)57-37-32-52(33-38-57)60-43-53(45-18-8-2-9-19-45)34-39-59(60)51-24-14-5-15-25-51/h1-43H. The quantitative estimate of drug-likeness (QED) is 0.134. The van der Waals surface area contributed by atoms with Crippen molar-refractivity contribution in [1.82, 2.24) is 0 Å². The van der Waals surface area contributed by atoms with Gasteiger partial charge in [0, 0.05) is 17.1 Å². The van der Waals surface area contributed by atoms with E-state index in [9.17, 15) is 0 Å². The molecule has 288 valence electrons. The summed E-state index contributed by atoms with van der Waals surface area (Å²) in [6.45, 7) is 0. The van der Waals surface area contributed by atoms with Gasteiger partial charge in [-0.2, -0.15) is 0 Å². The van der Waals surface area contributed by atoms with Gasteiger partial charge in [-0.1, -0.05) is 212 Å². The van der Waals surface area contributed by atoms with Gasteiger partial charge in [-0.05, 0) is 126 Å². The smallest absolute Gasteiger partial charge is 0.0473 e. The van der Waals surface area contributed by atoms with E-state index in [0.29, 0.717) is 0 Å². The maximum Gasteiger partial charge on any atom is 0.0473 e. The van der Waals surface area contributed by atoms with Crippen molar-refractivity contribution < 1.29 is 0 Å². The van der Waals surface area contributed by atoms with Gasteiger partial charge in [-0.3, -0.25) is 0 Å². The zero-order valence-electron chi connectivity index (χ0n) is 33.8. The van der Waals surface area contributed by atoms with Gasteiger partial charge in [0.2, 0.25) is 0 Å². The molecule has 10 aromatic rings. The van der Waals surface area contributed by atoms with E-state index in [-0.39, 0.29) is 0 Å². The van der Waals surface area contributed by atoms with E-state index in [1.54, 1.807) is 0 Å². The monoisotopic (exact) mass is 777 g/mol. The van der Waals surface area contributed by atoms with E-state index in [0.717, 1.165) is 22.6 Å². The van der Waals surface area contributed by atoms with Crippen molar-refractivity contribution in [3.05, 3.63) is 261 Å². The second-order valence-corrected chi connectivity index (χ2v) is 15.4. The third kappa shape index (κ3) is 8.06. The summed E-state index contributed by atoms with van der Waals surface area (Å²) in [6, 6.07) is 94.0. The second kappa shape index (κ2) is 17.1. The van der Waals surface area contributed by atoms with E-state index >= 15 is 0 Å². The molecule has 0 unspecified atom stereocenters. The summed E-state index contributed by atoms with van der Waals surface area (Å²) in [5.74, 6) is 0. The van der Waals surface area contributed by atoms with Crippen LogP contribution in [0.5, 0.6) is 0 Å². The Morgan fingerprint density at radius 1 is 0.164 bits per heavy atom. The van der Waals surface area contributed by atoms with E-state index < -0.39 is 0 Å². The number of anilines is 3. The van der Waals surface area contributed by atoms with Crippen molar-refractivity contribution in [3.8, 4) is 77.9 Å². The zero-order chi connectivity index (χ0) is 40.8. The molecule has 0 aliphatic heterocycles. The molecule has 61 heavy (non-hydrogen) atoms. The lowest BCUT2D eigenvalue weighted by Crippen LogP contribution is -2.10. The summed E-state index contributed by atoms with van der Waals surface area (Å²) in [4.78, 5) is 2.39. The van der Waals surface area contributed by atoms with Crippen molar-refractivity contribution in [1.29, 1.82) is 0 Å². The SMILES string of the molecule is c1ccc(-c2ccc(-c3ccc(N(c4ccc(-c5cc(-c6ccccc6)ccc5-c5ccccc5)cc4)c4cc(-c5ccccc5)cc(-c5ccccc5)c4)cc3)cc2)cc1. The summed E-state index contributed by atoms with van der Waals surface area (Å²) < 4.78 is 0. The summed E-state index contributed by atoms with van der Waals surface area (Å²) in [6.07, 6.45) is 0. The topological polar surface area (TPSA) is 3.24 Å². The van der Waals surface area contributed by atoms with Crippen LogP contribution < -0.4 is 4.90 Å². The highest BCUT2D eigenvalue weighted by molar-refractivity contribution is 5.90. The van der Waals surface area contributed by atoms with E-state index in [4.69, 9.17) is 0 Å². The van der Waals surface area contributed by atoms with E-state index in [1.807, 2.05) is 0 Å². The first-order chi connectivity index (χ1) is 30.2. The fraction of sp³-hybridized carbons (Fsp3) is 0. The minimum atomic E-state index is 1.08. The molecule has 0 fully saturated rings. The summed E-state index contributed by atoms with van der Waals surface area (Å²) in [5, 5.41) is 0.